The van der Waals surface area contributed by atoms with Crippen molar-refractivity contribution in [2.45, 2.75) is 6.92 Å². The van der Waals surface area contributed by atoms with E-state index in [1.807, 2.05) is 17.8 Å². The number of rotatable bonds is 5. The molecule has 1 unspecified atom stereocenters. The third-order valence-corrected chi connectivity index (χ3v) is 3.81. The first-order valence-electron chi connectivity index (χ1n) is 6.11. The van der Waals surface area contributed by atoms with Crippen molar-refractivity contribution in [2.75, 3.05) is 29.6 Å². The van der Waals surface area contributed by atoms with Gasteiger partial charge in [-0.25, -0.2) is 4.98 Å². The quantitative estimate of drug-likeness (QED) is 0.728. The standard InChI is InChI=1S/C13H18N4OS/c1-8(6-19-2)5-15-12-4-11-9(3-10(12)14)13(18)17-7-16-11/h3-4,7-8,15H,5-6,14H2,1-2H3,(H,16,17,18). The van der Waals surface area contributed by atoms with E-state index in [0.717, 1.165) is 18.0 Å². The Balaban J connectivity index is 2.24. The van der Waals surface area contributed by atoms with E-state index >= 15 is 0 Å². The second-order valence-corrected chi connectivity index (χ2v) is 5.54. The van der Waals surface area contributed by atoms with Crippen LogP contribution in [-0.4, -0.2) is 28.5 Å². The van der Waals surface area contributed by atoms with E-state index in [0.29, 0.717) is 22.5 Å². The zero-order valence-corrected chi connectivity index (χ0v) is 11.9. The molecule has 1 heterocycles. The fourth-order valence-corrected chi connectivity index (χ4v) is 2.60. The first-order valence-corrected chi connectivity index (χ1v) is 7.51. The van der Waals surface area contributed by atoms with E-state index in [9.17, 15) is 4.79 Å². The number of thioether (sulfide) groups is 1. The summed E-state index contributed by atoms with van der Waals surface area (Å²) in [5.41, 5.74) is 7.85. The summed E-state index contributed by atoms with van der Waals surface area (Å²) in [5.74, 6) is 1.65. The predicted octanol–water partition coefficient (Wildman–Crippen LogP) is 1.92. The maximum Gasteiger partial charge on any atom is 0.258 e. The van der Waals surface area contributed by atoms with Gasteiger partial charge >= 0.3 is 0 Å². The van der Waals surface area contributed by atoms with Crippen molar-refractivity contribution in [1.29, 1.82) is 0 Å². The molecule has 2 aromatic rings. The summed E-state index contributed by atoms with van der Waals surface area (Å²) >= 11 is 1.82. The van der Waals surface area contributed by atoms with Crippen LogP contribution in [0.3, 0.4) is 0 Å². The smallest absolute Gasteiger partial charge is 0.258 e. The average Bonchev–Trinajstić information content (AvgIpc) is 2.38. The number of nitrogens with one attached hydrogen (secondary N) is 2. The lowest BCUT2D eigenvalue weighted by Crippen LogP contribution is -2.15. The fourth-order valence-electron chi connectivity index (χ4n) is 1.91. The van der Waals surface area contributed by atoms with Crippen molar-refractivity contribution in [3.63, 3.8) is 0 Å². The molecule has 0 fully saturated rings. The van der Waals surface area contributed by atoms with Crippen molar-refractivity contribution in [3.8, 4) is 0 Å². The Morgan fingerprint density at radius 3 is 3.05 bits per heavy atom. The first-order chi connectivity index (χ1) is 9.11. The van der Waals surface area contributed by atoms with Crippen LogP contribution in [0.5, 0.6) is 0 Å². The highest BCUT2D eigenvalue weighted by molar-refractivity contribution is 7.98. The third-order valence-electron chi connectivity index (χ3n) is 2.90. The Morgan fingerprint density at radius 1 is 1.53 bits per heavy atom. The van der Waals surface area contributed by atoms with Gasteiger partial charge in [0, 0.05) is 6.54 Å². The van der Waals surface area contributed by atoms with E-state index in [1.54, 1.807) is 6.07 Å². The van der Waals surface area contributed by atoms with Crippen LogP contribution >= 0.6 is 11.8 Å². The summed E-state index contributed by atoms with van der Waals surface area (Å²) in [6, 6.07) is 3.49. The zero-order valence-electron chi connectivity index (χ0n) is 11.1. The highest BCUT2D eigenvalue weighted by atomic mass is 32.2. The normalized spacial score (nSPS) is 12.5. The molecule has 102 valence electrons. The second-order valence-electron chi connectivity index (χ2n) is 4.63. The number of nitrogen functional groups attached to an aromatic ring is 1. The third kappa shape index (κ3) is 3.20. The number of fused-ring (bicyclic) bond motifs is 1. The van der Waals surface area contributed by atoms with E-state index in [-0.39, 0.29) is 5.56 Å². The molecule has 0 saturated carbocycles. The lowest BCUT2D eigenvalue weighted by atomic mass is 10.1. The summed E-state index contributed by atoms with van der Waals surface area (Å²) in [6.07, 6.45) is 3.50. The van der Waals surface area contributed by atoms with Crippen molar-refractivity contribution >= 4 is 34.0 Å². The van der Waals surface area contributed by atoms with Crippen LogP contribution < -0.4 is 16.6 Å². The van der Waals surface area contributed by atoms with Gasteiger partial charge in [0.1, 0.15) is 0 Å². The minimum absolute atomic E-state index is 0.168. The molecule has 1 atom stereocenters. The number of nitrogens with zero attached hydrogens (tertiary/aromatic N) is 1. The van der Waals surface area contributed by atoms with Gasteiger partial charge in [-0.2, -0.15) is 11.8 Å². The first kappa shape index (κ1) is 13.7. The number of nitrogens with two attached hydrogens (primary N) is 1. The lowest BCUT2D eigenvalue weighted by molar-refractivity contribution is 0.702. The number of anilines is 2. The molecule has 0 spiro atoms. The summed E-state index contributed by atoms with van der Waals surface area (Å²) in [6.45, 7) is 3.03. The van der Waals surface area contributed by atoms with E-state index in [2.05, 4.69) is 28.5 Å². The highest BCUT2D eigenvalue weighted by Gasteiger charge is 2.07. The molecule has 0 bridgehead atoms. The molecule has 2 rings (SSSR count). The van der Waals surface area contributed by atoms with Gasteiger partial charge in [-0.15, -0.1) is 0 Å². The predicted molar refractivity (Wildman–Crippen MR) is 82.8 cm³/mol. The molecule has 0 aliphatic heterocycles. The van der Waals surface area contributed by atoms with Gasteiger partial charge < -0.3 is 16.0 Å². The average molecular weight is 278 g/mol. The summed E-state index contributed by atoms with van der Waals surface area (Å²) in [5, 5.41) is 3.83. The van der Waals surface area contributed by atoms with E-state index in [1.165, 1.54) is 6.33 Å². The van der Waals surface area contributed by atoms with E-state index in [4.69, 9.17) is 5.73 Å². The Hall–Kier alpha value is -1.69. The number of hydrogen-bond acceptors (Lipinski definition) is 5. The van der Waals surface area contributed by atoms with Crippen LogP contribution in [0.15, 0.2) is 23.3 Å². The molecule has 5 nitrogen and oxygen atoms in total. The molecule has 0 aliphatic carbocycles. The Morgan fingerprint density at radius 2 is 2.32 bits per heavy atom. The Kier molecular flexibility index (Phi) is 4.31. The van der Waals surface area contributed by atoms with Crippen molar-refractivity contribution in [2.24, 2.45) is 5.92 Å². The molecule has 1 aromatic heterocycles. The summed E-state index contributed by atoms with van der Waals surface area (Å²) < 4.78 is 0. The maximum absolute atomic E-state index is 11.6. The van der Waals surface area contributed by atoms with Gasteiger partial charge in [-0.3, -0.25) is 4.79 Å². The van der Waals surface area contributed by atoms with Crippen LogP contribution in [0, 0.1) is 5.92 Å². The second kappa shape index (κ2) is 5.97. The van der Waals surface area contributed by atoms with Crippen LogP contribution in [0.1, 0.15) is 6.92 Å². The molecular formula is C13H18N4OS. The molecule has 6 heteroatoms. The molecule has 0 amide bonds. The van der Waals surface area contributed by atoms with Gasteiger partial charge in [-0.05, 0) is 30.1 Å². The van der Waals surface area contributed by atoms with Crippen molar-refractivity contribution in [1.82, 2.24) is 9.97 Å². The van der Waals surface area contributed by atoms with Crippen LogP contribution in [0.4, 0.5) is 11.4 Å². The molecule has 0 radical (unpaired) electrons. The maximum atomic E-state index is 11.6. The fraction of sp³-hybridized carbons (Fsp3) is 0.385. The van der Waals surface area contributed by atoms with E-state index < -0.39 is 0 Å². The number of H-pyrrole nitrogens is 1. The minimum Gasteiger partial charge on any atom is -0.397 e. The van der Waals surface area contributed by atoms with Gasteiger partial charge in [0.15, 0.2) is 0 Å². The number of aromatic nitrogens is 2. The van der Waals surface area contributed by atoms with Crippen molar-refractivity contribution < 1.29 is 0 Å². The topological polar surface area (TPSA) is 83.8 Å². The van der Waals surface area contributed by atoms with Crippen LogP contribution in [0.25, 0.3) is 10.9 Å². The van der Waals surface area contributed by atoms with Gasteiger partial charge in [0.2, 0.25) is 0 Å². The molecule has 1 aromatic carbocycles. The van der Waals surface area contributed by atoms with Gasteiger partial charge in [0.25, 0.3) is 5.56 Å². The van der Waals surface area contributed by atoms with Crippen LogP contribution in [-0.2, 0) is 0 Å². The van der Waals surface area contributed by atoms with Gasteiger partial charge in [0.05, 0.1) is 28.6 Å². The zero-order chi connectivity index (χ0) is 13.8. The summed E-state index contributed by atoms with van der Waals surface area (Å²) in [4.78, 5) is 18.3. The monoisotopic (exact) mass is 278 g/mol. The largest absolute Gasteiger partial charge is 0.397 e. The molecule has 4 N–H and O–H groups in total. The summed E-state index contributed by atoms with van der Waals surface area (Å²) in [7, 11) is 0. The minimum atomic E-state index is -0.168. The molecule has 0 aliphatic rings. The SMILES string of the molecule is CSCC(C)CNc1cc2nc[nH]c(=O)c2cc1N. The number of aromatic amines is 1. The molecule has 0 saturated heterocycles. The number of benzene rings is 1. The molecular weight excluding hydrogens is 260 g/mol. The Labute approximate surface area is 116 Å². The number of hydrogen-bond donors (Lipinski definition) is 3. The van der Waals surface area contributed by atoms with Gasteiger partial charge in [-0.1, -0.05) is 6.92 Å². The van der Waals surface area contributed by atoms with Crippen LogP contribution in [0.2, 0.25) is 0 Å². The van der Waals surface area contributed by atoms with Crippen molar-refractivity contribution in [3.05, 3.63) is 28.8 Å². The molecule has 19 heavy (non-hydrogen) atoms. The Bertz CT molecular complexity index is 626. The lowest BCUT2D eigenvalue weighted by Gasteiger charge is -2.14. The highest BCUT2D eigenvalue weighted by Crippen LogP contribution is 2.23.